The maximum atomic E-state index is 13.2. The van der Waals surface area contributed by atoms with Gasteiger partial charge in [-0.1, -0.05) is 53.5 Å². The van der Waals surface area contributed by atoms with Crippen LogP contribution in [0.3, 0.4) is 0 Å². The number of rotatable bonds is 10. The molecule has 0 unspecified atom stereocenters. The molecule has 1 heterocycles. The Hall–Kier alpha value is -2.72. The Balaban J connectivity index is 1.60. The number of aliphatic hydroxyl groups is 1. The molecule has 0 aromatic heterocycles. The lowest BCUT2D eigenvalue weighted by Crippen LogP contribution is -2.39. The van der Waals surface area contributed by atoms with Gasteiger partial charge in [0.1, 0.15) is 18.5 Å². The average Bonchev–Trinajstić information content (AvgIpc) is 3.19. The van der Waals surface area contributed by atoms with Crippen molar-refractivity contribution in [3.05, 3.63) is 71.5 Å². The number of aliphatic hydroxyl groups excluding tert-OH is 1. The van der Waals surface area contributed by atoms with Crippen LogP contribution in [0.15, 0.2) is 59.8 Å². The lowest BCUT2D eigenvalue weighted by Gasteiger charge is -2.27. The number of nitrogens with zero attached hydrogens (tertiary/aromatic N) is 2. The minimum atomic E-state index is -0.695. The maximum absolute atomic E-state index is 13.2. The van der Waals surface area contributed by atoms with E-state index in [1.165, 1.54) is 12.1 Å². The molecule has 0 amide bonds. The zero-order valence-corrected chi connectivity index (χ0v) is 16.2. The van der Waals surface area contributed by atoms with Crippen molar-refractivity contribution in [1.82, 2.24) is 4.90 Å². The molecule has 2 aromatic rings. The molecule has 0 fully saturated rings. The number of hydrogen-bond donors (Lipinski definition) is 1. The Morgan fingerprint density at radius 2 is 2.00 bits per heavy atom. The van der Waals surface area contributed by atoms with Crippen molar-refractivity contribution in [3.8, 4) is 12.3 Å². The van der Waals surface area contributed by atoms with Crippen LogP contribution in [0.5, 0.6) is 0 Å². The molecule has 1 N–H and O–H groups in total. The van der Waals surface area contributed by atoms with Crippen LogP contribution in [0, 0.1) is 18.2 Å². The number of benzene rings is 2. The van der Waals surface area contributed by atoms with Crippen LogP contribution in [-0.2, 0) is 16.1 Å². The van der Waals surface area contributed by atoms with Gasteiger partial charge in [0.15, 0.2) is 0 Å². The lowest BCUT2D eigenvalue weighted by atomic mass is 10.0. The fraction of sp³-hybridized carbons (Fsp3) is 0.348. The first kappa shape index (κ1) is 21.0. The van der Waals surface area contributed by atoms with Crippen LogP contribution >= 0.6 is 0 Å². The van der Waals surface area contributed by atoms with Crippen LogP contribution in [0.25, 0.3) is 0 Å². The molecule has 1 aliphatic rings. The van der Waals surface area contributed by atoms with E-state index < -0.39 is 6.10 Å². The molecule has 2 atom stereocenters. The second-order valence-electron chi connectivity index (χ2n) is 7.03. The molecule has 0 aliphatic carbocycles. The molecule has 0 saturated heterocycles. The molecular weight excluding hydrogens is 371 g/mol. The standard InChI is InChI=1S/C23H25FN2O3/c1-2-12-28-17-21(27)15-26(14-18-8-10-20(24)11-9-18)16-22-13-23(25-29-22)19-6-4-3-5-7-19/h1,3-11,21-22,27H,12-17H2/t21-,22-/m0/s1. The molecule has 0 saturated carbocycles. The van der Waals surface area contributed by atoms with E-state index in [1.807, 2.05) is 30.3 Å². The minimum Gasteiger partial charge on any atom is -0.390 e. The first-order chi connectivity index (χ1) is 14.1. The predicted octanol–water partition coefficient (Wildman–Crippen LogP) is 2.83. The number of halogens is 1. The average molecular weight is 396 g/mol. The predicted molar refractivity (Wildman–Crippen MR) is 110 cm³/mol. The Morgan fingerprint density at radius 3 is 2.72 bits per heavy atom. The molecule has 0 spiro atoms. The third kappa shape index (κ3) is 6.68. The highest BCUT2D eigenvalue weighted by Gasteiger charge is 2.25. The van der Waals surface area contributed by atoms with E-state index in [2.05, 4.69) is 16.0 Å². The molecule has 3 rings (SSSR count). The molecule has 5 nitrogen and oxygen atoms in total. The third-order valence-electron chi connectivity index (χ3n) is 4.59. The topological polar surface area (TPSA) is 54.3 Å². The normalized spacial score (nSPS) is 16.9. The van der Waals surface area contributed by atoms with Crippen LogP contribution in [0.2, 0.25) is 0 Å². The highest BCUT2D eigenvalue weighted by Crippen LogP contribution is 2.19. The highest BCUT2D eigenvalue weighted by molar-refractivity contribution is 6.01. The zero-order chi connectivity index (χ0) is 20.5. The third-order valence-corrected chi connectivity index (χ3v) is 4.59. The fourth-order valence-electron chi connectivity index (χ4n) is 3.27. The van der Waals surface area contributed by atoms with E-state index in [4.69, 9.17) is 16.0 Å². The van der Waals surface area contributed by atoms with Crippen LogP contribution < -0.4 is 0 Å². The molecule has 0 radical (unpaired) electrons. The van der Waals surface area contributed by atoms with Gasteiger partial charge in [-0.15, -0.1) is 6.42 Å². The summed E-state index contributed by atoms with van der Waals surface area (Å²) in [7, 11) is 0. The van der Waals surface area contributed by atoms with E-state index in [-0.39, 0.29) is 25.1 Å². The van der Waals surface area contributed by atoms with Gasteiger partial charge in [0.05, 0.1) is 18.4 Å². The van der Waals surface area contributed by atoms with Gasteiger partial charge in [-0.25, -0.2) is 4.39 Å². The van der Waals surface area contributed by atoms with Crippen molar-refractivity contribution < 1.29 is 19.1 Å². The summed E-state index contributed by atoms with van der Waals surface area (Å²) in [5, 5.41) is 14.5. The van der Waals surface area contributed by atoms with Crippen LogP contribution in [0.4, 0.5) is 4.39 Å². The van der Waals surface area contributed by atoms with E-state index in [9.17, 15) is 9.50 Å². The summed E-state index contributed by atoms with van der Waals surface area (Å²) in [5.74, 6) is 2.11. The molecule has 6 heteroatoms. The molecule has 1 aliphatic heterocycles. The van der Waals surface area contributed by atoms with Gasteiger partial charge < -0.3 is 14.7 Å². The number of hydrogen-bond acceptors (Lipinski definition) is 5. The second-order valence-corrected chi connectivity index (χ2v) is 7.03. The molecule has 29 heavy (non-hydrogen) atoms. The zero-order valence-electron chi connectivity index (χ0n) is 16.2. The van der Waals surface area contributed by atoms with Gasteiger partial charge in [-0.3, -0.25) is 4.90 Å². The van der Waals surface area contributed by atoms with Gasteiger partial charge in [-0.05, 0) is 23.3 Å². The quantitative estimate of drug-likeness (QED) is 0.496. The van der Waals surface area contributed by atoms with Crippen molar-refractivity contribution >= 4 is 5.71 Å². The number of oxime groups is 1. The summed E-state index contributed by atoms with van der Waals surface area (Å²) in [5.41, 5.74) is 2.91. The van der Waals surface area contributed by atoms with E-state index in [0.717, 1.165) is 16.8 Å². The highest BCUT2D eigenvalue weighted by atomic mass is 19.1. The van der Waals surface area contributed by atoms with Crippen molar-refractivity contribution in [2.45, 2.75) is 25.2 Å². The first-order valence-corrected chi connectivity index (χ1v) is 9.58. The number of terminal acetylenes is 1. The largest absolute Gasteiger partial charge is 0.390 e. The maximum Gasteiger partial charge on any atom is 0.145 e. The van der Waals surface area contributed by atoms with Gasteiger partial charge in [0.25, 0.3) is 0 Å². The van der Waals surface area contributed by atoms with Gasteiger partial charge in [-0.2, -0.15) is 0 Å². The van der Waals surface area contributed by atoms with Crippen molar-refractivity contribution in [3.63, 3.8) is 0 Å². The monoisotopic (exact) mass is 396 g/mol. The van der Waals surface area contributed by atoms with E-state index in [1.54, 1.807) is 12.1 Å². The molecule has 2 aromatic carbocycles. The Kier molecular flexibility index (Phi) is 7.77. The second kappa shape index (κ2) is 10.7. The molecule has 152 valence electrons. The smallest absolute Gasteiger partial charge is 0.145 e. The van der Waals surface area contributed by atoms with Gasteiger partial charge in [0, 0.05) is 26.1 Å². The van der Waals surface area contributed by atoms with E-state index >= 15 is 0 Å². The summed E-state index contributed by atoms with van der Waals surface area (Å²) in [6.07, 6.45) is 5.05. The SMILES string of the molecule is C#CCOC[C@@H](O)CN(Cc1ccc(F)cc1)C[C@@H]1CC(c2ccccc2)=NO1. The summed E-state index contributed by atoms with van der Waals surface area (Å²) in [6.45, 7) is 1.81. The summed E-state index contributed by atoms with van der Waals surface area (Å²) >= 11 is 0. The van der Waals surface area contributed by atoms with Gasteiger partial charge >= 0.3 is 0 Å². The van der Waals surface area contributed by atoms with Crippen LogP contribution in [-0.4, -0.2) is 54.2 Å². The molecular formula is C23H25FN2O3. The van der Waals surface area contributed by atoms with Crippen molar-refractivity contribution in [2.75, 3.05) is 26.3 Å². The summed E-state index contributed by atoms with van der Waals surface area (Å²) < 4.78 is 18.5. The minimum absolute atomic E-state index is 0.121. The lowest BCUT2D eigenvalue weighted by molar-refractivity contribution is 0.00418. The Morgan fingerprint density at radius 1 is 1.24 bits per heavy atom. The van der Waals surface area contributed by atoms with Crippen LogP contribution in [0.1, 0.15) is 17.5 Å². The fourth-order valence-corrected chi connectivity index (χ4v) is 3.27. The van der Waals surface area contributed by atoms with E-state index in [0.29, 0.717) is 26.1 Å². The first-order valence-electron chi connectivity index (χ1n) is 9.58. The van der Waals surface area contributed by atoms with Gasteiger partial charge in [0.2, 0.25) is 0 Å². The summed E-state index contributed by atoms with van der Waals surface area (Å²) in [6, 6.07) is 16.3. The number of ether oxygens (including phenoxy) is 1. The van der Waals surface area contributed by atoms with Crippen molar-refractivity contribution in [2.24, 2.45) is 5.16 Å². The summed E-state index contributed by atoms with van der Waals surface area (Å²) in [4.78, 5) is 7.70. The Labute approximate surface area is 170 Å². The van der Waals surface area contributed by atoms with Crippen molar-refractivity contribution in [1.29, 1.82) is 0 Å². The molecule has 0 bridgehead atoms. The Bertz CT molecular complexity index is 833.